The molecule has 6 heteroatoms. The number of hydrogen-bond donors (Lipinski definition) is 2. The topological polar surface area (TPSA) is 40.7 Å². The van der Waals surface area contributed by atoms with E-state index >= 15 is 0 Å². The molecule has 0 aliphatic carbocycles. The Balaban J connectivity index is 2.36. The number of thioether (sulfide) groups is 1. The Morgan fingerprint density at radius 1 is 1.77 bits per heavy atom. The van der Waals surface area contributed by atoms with E-state index in [4.69, 9.17) is 12.2 Å². The Labute approximate surface area is 91.3 Å². The summed E-state index contributed by atoms with van der Waals surface area (Å²) in [5.74, 6) is 1.17. The fraction of sp³-hybridized carbons (Fsp3) is 0.714. The molecule has 13 heavy (non-hydrogen) atoms. The molecule has 3 nitrogen and oxygen atoms in total. The predicted octanol–water partition coefficient (Wildman–Crippen LogP) is 2.75. The van der Waals surface area contributed by atoms with Crippen molar-refractivity contribution >= 4 is 40.4 Å². The van der Waals surface area contributed by atoms with Gasteiger partial charge in [0.1, 0.15) is 0 Å². The summed E-state index contributed by atoms with van der Waals surface area (Å²) in [6, 6.07) is 0.460. The summed E-state index contributed by atoms with van der Waals surface area (Å²) in [6.45, 7) is 2.15. The minimum atomic E-state index is 0.460. The van der Waals surface area contributed by atoms with E-state index in [1.54, 1.807) is 0 Å². The van der Waals surface area contributed by atoms with Crippen LogP contribution in [0.2, 0.25) is 0 Å². The van der Waals surface area contributed by atoms with Gasteiger partial charge in [-0.15, -0.1) is 5.10 Å². The second-order valence-electron chi connectivity index (χ2n) is 2.75. The maximum absolute atomic E-state index is 4.93. The molecule has 0 aliphatic heterocycles. The first-order valence-electron chi connectivity index (χ1n) is 4.03. The van der Waals surface area contributed by atoms with Crippen LogP contribution in [0.4, 0.5) is 5.13 Å². The van der Waals surface area contributed by atoms with Crippen molar-refractivity contribution in [2.45, 2.75) is 19.4 Å². The number of H-pyrrole nitrogens is 1. The first-order chi connectivity index (χ1) is 6.22. The summed E-state index contributed by atoms with van der Waals surface area (Å²) in [6.07, 6.45) is 3.26. The highest BCUT2D eigenvalue weighted by molar-refractivity contribution is 7.98. The Hall–Kier alpha value is -0.0700. The van der Waals surface area contributed by atoms with E-state index in [2.05, 4.69) is 28.7 Å². The van der Waals surface area contributed by atoms with Crippen LogP contribution in [-0.4, -0.2) is 28.2 Å². The quantitative estimate of drug-likeness (QED) is 0.770. The van der Waals surface area contributed by atoms with Crippen molar-refractivity contribution in [3.05, 3.63) is 3.95 Å². The lowest BCUT2D eigenvalue weighted by molar-refractivity contribution is 0.768. The largest absolute Gasteiger partial charge is 0.358 e. The van der Waals surface area contributed by atoms with E-state index in [1.807, 2.05) is 11.8 Å². The molecule has 1 rings (SSSR count). The molecule has 2 N–H and O–H groups in total. The molecule has 1 atom stereocenters. The van der Waals surface area contributed by atoms with Gasteiger partial charge >= 0.3 is 0 Å². The van der Waals surface area contributed by atoms with Gasteiger partial charge < -0.3 is 5.32 Å². The molecule has 0 bridgehead atoms. The fourth-order valence-corrected chi connectivity index (χ4v) is 2.36. The lowest BCUT2D eigenvalue weighted by atomic mass is 10.3. The Morgan fingerprint density at radius 3 is 3.08 bits per heavy atom. The van der Waals surface area contributed by atoms with Gasteiger partial charge in [0.15, 0.2) is 3.95 Å². The maximum Gasteiger partial charge on any atom is 0.204 e. The van der Waals surface area contributed by atoms with Gasteiger partial charge in [-0.2, -0.15) is 11.8 Å². The third-order valence-corrected chi connectivity index (χ3v) is 3.23. The van der Waals surface area contributed by atoms with Crippen molar-refractivity contribution in [2.75, 3.05) is 17.3 Å². The Morgan fingerprint density at radius 2 is 2.54 bits per heavy atom. The van der Waals surface area contributed by atoms with Crippen LogP contribution in [-0.2, 0) is 0 Å². The zero-order valence-electron chi connectivity index (χ0n) is 7.66. The van der Waals surface area contributed by atoms with Crippen molar-refractivity contribution in [3.8, 4) is 0 Å². The molecule has 1 aromatic rings. The van der Waals surface area contributed by atoms with Gasteiger partial charge in [0.2, 0.25) is 5.13 Å². The van der Waals surface area contributed by atoms with Crippen LogP contribution in [0.25, 0.3) is 0 Å². The number of hydrogen-bond acceptors (Lipinski definition) is 5. The summed E-state index contributed by atoms with van der Waals surface area (Å²) >= 11 is 8.27. The second kappa shape index (κ2) is 5.62. The molecule has 0 aliphatic rings. The smallest absolute Gasteiger partial charge is 0.204 e. The molecule has 0 radical (unpaired) electrons. The van der Waals surface area contributed by atoms with E-state index < -0.39 is 0 Å². The zero-order valence-corrected chi connectivity index (χ0v) is 10.1. The van der Waals surface area contributed by atoms with Crippen molar-refractivity contribution in [3.63, 3.8) is 0 Å². The summed E-state index contributed by atoms with van der Waals surface area (Å²) in [5.41, 5.74) is 0. The number of aromatic amines is 1. The normalized spacial score (nSPS) is 12.8. The van der Waals surface area contributed by atoms with Crippen LogP contribution in [0.1, 0.15) is 13.3 Å². The van der Waals surface area contributed by atoms with Gasteiger partial charge in [-0.1, -0.05) is 11.3 Å². The number of nitrogens with zero attached hydrogens (tertiary/aromatic N) is 1. The lowest BCUT2D eigenvalue weighted by Crippen LogP contribution is -2.15. The van der Waals surface area contributed by atoms with Crippen LogP contribution in [0.3, 0.4) is 0 Å². The van der Waals surface area contributed by atoms with Crippen LogP contribution in [0.5, 0.6) is 0 Å². The molecule has 0 spiro atoms. The minimum Gasteiger partial charge on any atom is -0.358 e. The van der Waals surface area contributed by atoms with Gasteiger partial charge in [-0.25, -0.2) is 0 Å². The second-order valence-corrected chi connectivity index (χ2v) is 5.40. The molecule has 1 aromatic heterocycles. The number of aromatic nitrogens is 2. The van der Waals surface area contributed by atoms with Gasteiger partial charge in [-0.3, -0.25) is 5.10 Å². The number of rotatable bonds is 5. The molecule has 0 aromatic carbocycles. The van der Waals surface area contributed by atoms with E-state index in [1.165, 1.54) is 17.1 Å². The Bertz CT molecular complexity index is 293. The third kappa shape index (κ3) is 4.10. The summed E-state index contributed by atoms with van der Waals surface area (Å²) in [7, 11) is 0. The van der Waals surface area contributed by atoms with E-state index in [0.29, 0.717) is 6.04 Å². The summed E-state index contributed by atoms with van der Waals surface area (Å²) < 4.78 is 0.722. The maximum atomic E-state index is 4.93. The van der Waals surface area contributed by atoms with Gasteiger partial charge in [0.05, 0.1) is 0 Å². The number of anilines is 1. The molecule has 0 amide bonds. The molecule has 1 unspecified atom stereocenters. The summed E-state index contributed by atoms with van der Waals surface area (Å²) in [4.78, 5) is 0. The highest BCUT2D eigenvalue weighted by atomic mass is 32.2. The fourth-order valence-electron chi connectivity index (χ4n) is 0.869. The SMILES string of the molecule is CSCCC(C)Nc1n[nH]c(=S)s1. The van der Waals surface area contributed by atoms with Crippen LogP contribution >= 0.6 is 35.3 Å². The zero-order chi connectivity index (χ0) is 9.68. The van der Waals surface area contributed by atoms with E-state index in [9.17, 15) is 0 Å². The van der Waals surface area contributed by atoms with Gasteiger partial charge in [-0.05, 0) is 37.6 Å². The van der Waals surface area contributed by atoms with Crippen LogP contribution in [0, 0.1) is 3.95 Å². The van der Waals surface area contributed by atoms with Crippen molar-refractivity contribution in [1.29, 1.82) is 0 Å². The standard InChI is InChI=1S/C7H13N3S3/c1-5(3-4-12-2)8-6-9-10-7(11)13-6/h5H,3-4H2,1-2H3,(H,8,9)(H,10,11). The lowest BCUT2D eigenvalue weighted by Gasteiger charge is -2.10. The van der Waals surface area contributed by atoms with E-state index in [-0.39, 0.29) is 0 Å². The first kappa shape index (κ1) is 11.0. The van der Waals surface area contributed by atoms with Crippen molar-refractivity contribution < 1.29 is 0 Å². The monoisotopic (exact) mass is 235 g/mol. The molecular formula is C7H13N3S3. The van der Waals surface area contributed by atoms with Gasteiger partial charge in [0, 0.05) is 6.04 Å². The van der Waals surface area contributed by atoms with E-state index in [0.717, 1.165) is 15.5 Å². The Kier molecular flexibility index (Phi) is 4.76. The molecule has 0 fully saturated rings. The average molecular weight is 235 g/mol. The van der Waals surface area contributed by atoms with Crippen molar-refractivity contribution in [1.82, 2.24) is 10.2 Å². The average Bonchev–Trinajstić information content (AvgIpc) is 2.48. The third-order valence-electron chi connectivity index (χ3n) is 1.56. The van der Waals surface area contributed by atoms with Crippen molar-refractivity contribution in [2.24, 2.45) is 0 Å². The van der Waals surface area contributed by atoms with Gasteiger partial charge in [0.25, 0.3) is 0 Å². The highest BCUT2D eigenvalue weighted by Gasteiger charge is 2.03. The number of nitrogens with one attached hydrogen (secondary N) is 2. The van der Waals surface area contributed by atoms with Crippen LogP contribution in [0.15, 0.2) is 0 Å². The molecule has 0 saturated carbocycles. The predicted molar refractivity (Wildman–Crippen MR) is 63.4 cm³/mol. The highest BCUT2D eigenvalue weighted by Crippen LogP contribution is 2.13. The minimum absolute atomic E-state index is 0.460. The first-order valence-corrected chi connectivity index (χ1v) is 6.65. The molecule has 74 valence electrons. The molecular weight excluding hydrogens is 222 g/mol. The van der Waals surface area contributed by atoms with Crippen LogP contribution < -0.4 is 5.32 Å². The summed E-state index contributed by atoms with van der Waals surface area (Å²) in [5, 5.41) is 11.0. The molecule has 0 saturated heterocycles. The molecule has 1 heterocycles.